The standard InChI is InChI=1S/C13H10N4OS/c19-13-16-15-12(10-5-2-1-3-6-10)17(13)14-9-11-7-4-8-18-11/h1-9H,(H,16,19)/b14-9-. The zero-order chi connectivity index (χ0) is 13.1. The van der Waals surface area contributed by atoms with Crippen LogP contribution in [-0.4, -0.2) is 21.1 Å². The predicted molar refractivity (Wildman–Crippen MR) is 74.5 cm³/mol. The summed E-state index contributed by atoms with van der Waals surface area (Å²) in [5.41, 5.74) is 0.937. The minimum absolute atomic E-state index is 0.432. The van der Waals surface area contributed by atoms with Gasteiger partial charge in [-0.2, -0.15) is 14.9 Å². The Morgan fingerprint density at radius 1 is 1.21 bits per heavy atom. The molecule has 1 N–H and O–H groups in total. The van der Waals surface area contributed by atoms with Crippen molar-refractivity contribution in [1.82, 2.24) is 14.9 Å². The monoisotopic (exact) mass is 270 g/mol. The van der Waals surface area contributed by atoms with Crippen LogP contribution in [0.3, 0.4) is 0 Å². The Kier molecular flexibility index (Phi) is 3.07. The first-order valence-corrected chi connectivity index (χ1v) is 6.06. The Balaban J connectivity index is 2.02. The van der Waals surface area contributed by atoms with Crippen LogP contribution >= 0.6 is 12.2 Å². The number of furan rings is 1. The summed E-state index contributed by atoms with van der Waals surface area (Å²) in [4.78, 5) is 0. The molecule has 0 aliphatic carbocycles. The van der Waals surface area contributed by atoms with Gasteiger partial charge in [-0.25, -0.2) is 5.10 Å². The average Bonchev–Trinajstić information content (AvgIpc) is 3.07. The van der Waals surface area contributed by atoms with Crippen LogP contribution in [0.15, 0.2) is 58.2 Å². The molecule has 19 heavy (non-hydrogen) atoms. The van der Waals surface area contributed by atoms with Gasteiger partial charge in [-0.05, 0) is 24.4 Å². The van der Waals surface area contributed by atoms with E-state index >= 15 is 0 Å². The molecule has 2 heterocycles. The number of aromatic amines is 1. The van der Waals surface area contributed by atoms with E-state index in [1.807, 2.05) is 36.4 Å². The second-order valence-corrected chi connectivity index (χ2v) is 4.18. The van der Waals surface area contributed by atoms with Crippen molar-refractivity contribution in [2.24, 2.45) is 5.10 Å². The average molecular weight is 270 g/mol. The van der Waals surface area contributed by atoms with Crippen molar-refractivity contribution < 1.29 is 4.42 Å². The van der Waals surface area contributed by atoms with E-state index in [0.29, 0.717) is 16.4 Å². The number of hydrogen-bond acceptors (Lipinski definition) is 4. The Morgan fingerprint density at radius 3 is 2.79 bits per heavy atom. The normalized spacial score (nSPS) is 11.2. The molecule has 0 aliphatic rings. The van der Waals surface area contributed by atoms with Crippen LogP contribution in [0, 0.1) is 4.77 Å². The summed E-state index contributed by atoms with van der Waals surface area (Å²) in [6, 6.07) is 13.3. The van der Waals surface area contributed by atoms with Gasteiger partial charge < -0.3 is 4.42 Å². The Morgan fingerprint density at radius 2 is 2.05 bits per heavy atom. The van der Waals surface area contributed by atoms with Crippen molar-refractivity contribution in [3.05, 3.63) is 59.3 Å². The molecular formula is C13H10N4OS. The fraction of sp³-hybridized carbons (Fsp3) is 0. The van der Waals surface area contributed by atoms with Gasteiger partial charge in [0.15, 0.2) is 5.82 Å². The maximum atomic E-state index is 5.19. The summed E-state index contributed by atoms with van der Waals surface area (Å²) in [5.74, 6) is 1.32. The molecule has 3 aromatic rings. The summed E-state index contributed by atoms with van der Waals surface area (Å²) >= 11 is 5.17. The van der Waals surface area contributed by atoms with Gasteiger partial charge in [-0.3, -0.25) is 0 Å². The number of nitrogens with zero attached hydrogens (tertiary/aromatic N) is 3. The fourth-order valence-corrected chi connectivity index (χ4v) is 1.83. The fourth-order valence-electron chi connectivity index (χ4n) is 1.65. The molecule has 0 saturated heterocycles. The third-order valence-electron chi connectivity index (χ3n) is 2.53. The number of benzene rings is 1. The SMILES string of the molecule is S=c1[nH]nc(-c2ccccc2)n1/N=C\c1ccco1. The van der Waals surface area contributed by atoms with Crippen molar-refractivity contribution >= 4 is 18.4 Å². The van der Waals surface area contributed by atoms with Gasteiger partial charge in [-0.1, -0.05) is 30.3 Å². The van der Waals surface area contributed by atoms with Gasteiger partial charge in [0.25, 0.3) is 0 Å². The van der Waals surface area contributed by atoms with Crippen molar-refractivity contribution in [3.8, 4) is 11.4 Å². The lowest BCUT2D eigenvalue weighted by Crippen LogP contribution is -1.94. The molecule has 0 saturated carbocycles. The third kappa shape index (κ3) is 2.38. The van der Waals surface area contributed by atoms with E-state index in [9.17, 15) is 0 Å². The second kappa shape index (κ2) is 5.03. The van der Waals surface area contributed by atoms with Crippen LogP contribution in [0.1, 0.15) is 5.76 Å². The highest BCUT2D eigenvalue weighted by atomic mass is 32.1. The lowest BCUT2D eigenvalue weighted by molar-refractivity contribution is 0.559. The third-order valence-corrected chi connectivity index (χ3v) is 2.79. The second-order valence-electron chi connectivity index (χ2n) is 3.79. The van der Waals surface area contributed by atoms with Gasteiger partial charge >= 0.3 is 0 Å². The van der Waals surface area contributed by atoms with E-state index in [4.69, 9.17) is 16.6 Å². The number of nitrogens with one attached hydrogen (secondary N) is 1. The first-order chi connectivity index (χ1) is 9.34. The molecule has 5 nitrogen and oxygen atoms in total. The number of rotatable bonds is 3. The number of H-pyrrole nitrogens is 1. The minimum atomic E-state index is 0.432. The smallest absolute Gasteiger partial charge is 0.216 e. The lowest BCUT2D eigenvalue weighted by atomic mass is 10.2. The number of aromatic nitrogens is 3. The molecule has 0 spiro atoms. The summed E-state index contributed by atoms with van der Waals surface area (Å²) in [6.45, 7) is 0. The molecule has 0 atom stereocenters. The van der Waals surface area contributed by atoms with Crippen LogP contribution in [-0.2, 0) is 0 Å². The Bertz CT molecular complexity index is 741. The van der Waals surface area contributed by atoms with E-state index in [1.165, 1.54) is 0 Å². The van der Waals surface area contributed by atoms with Gasteiger partial charge in [0.1, 0.15) is 5.76 Å². The summed E-state index contributed by atoms with van der Waals surface area (Å²) in [7, 11) is 0. The zero-order valence-electron chi connectivity index (χ0n) is 9.85. The van der Waals surface area contributed by atoms with Crippen LogP contribution < -0.4 is 0 Å². The van der Waals surface area contributed by atoms with Crippen molar-refractivity contribution in [2.45, 2.75) is 0 Å². The van der Waals surface area contributed by atoms with Crippen LogP contribution in [0.2, 0.25) is 0 Å². The predicted octanol–water partition coefficient (Wildman–Crippen LogP) is 3.08. The summed E-state index contributed by atoms with van der Waals surface area (Å²) < 4.78 is 7.18. The highest BCUT2D eigenvalue weighted by molar-refractivity contribution is 7.71. The van der Waals surface area contributed by atoms with Crippen LogP contribution in [0.5, 0.6) is 0 Å². The quantitative estimate of drug-likeness (QED) is 0.587. The molecule has 0 aliphatic heterocycles. The van der Waals surface area contributed by atoms with Gasteiger partial charge in [0.05, 0.1) is 12.5 Å². The Hall–Kier alpha value is -2.47. The highest BCUT2D eigenvalue weighted by Gasteiger charge is 2.07. The number of hydrogen-bond donors (Lipinski definition) is 1. The zero-order valence-corrected chi connectivity index (χ0v) is 10.7. The molecule has 0 unspecified atom stereocenters. The van der Waals surface area contributed by atoms with E-state index in [-0.39, 0.29) is 0 Å². The van der Waals surface area contributed by atoms with E-state index in [0.717, 1.165) is 5.56 Å². The van der Waals surface area contributed by atoms with Crippen LogP contribution in [0.4, 0.5) is 0 Å². The van der Waals surface area contributed by atoms with Gasteiger partial charge in [0, 0.05) is 5.56 Å². The molecule has 0 bridgehead atoms. The molecule has 0 fully saturated rings. The van der Waals surface area contributed by atoms with Crippen molar-refractivity contribution in [3.63, 3.8) is 0 Å². The lowest BCUT2D eigenvalue weighted by Gasteiger charge is -1.99. The molecule has 2 aromatic heterocycles. The maximum Gasteiger partial charge on any atom is 0.216 e. The summed E-state index contributed by atoms with van der Waals surface area (Å²) in [6.07, 6.45) is 3.19. The Labute approximate surface area is 114 Å². The van der Waals surface area contributed by atoms with Gasteiger partial charge in [-0.15, -0.1) is 0 Å². The van der Waals surface area contributed by atoms with E-state index in [1.54, 1.807) is 23.2 Å². The van der Waals surface area contributed by atoms with Crippen LogP contribution in [0.25, 0.3) is 11.4 Å². The van der Waals surface area contributed by atoms with E-state index in [2.05, 4.69) is 15.3 Å². The highest BCUT2D eigenvalue weighted by Crippen LogP contribution is 2.16. The van der Waals surface area contributed by atoms with Gasteiger partial charge in [0.2, 0.25) is 4.77 Å². The molecular weight excluding hydrogens is 260 g/mol. The van der Waals surface area contributed by atoms with Crippen molar-refractivity contribution in [2.75, 3.05) is 0 Å². The molecule has 6 heteroatoms. The van der Waals surface area contributed by atoms with Crippen molar-refractivity contribution in [1.29, 1.82) is 0 Å². The largest absolute Gasteiger partial charge is 0.463 e. The molecule has 94 valence electrons. The maximum absolute atomic E-state index is 5.19. The topological polar surface area (TPSA) is 59.1 Å². The molecule has 3 rings (SSSR count). The molecule has 0 radical (unpaired) electrons. The first-order valence-electron chi connectivity index (χ1n) is 5.65. The minimum Gasteiger partial charge on any atom is -0.463 e. The first kappa shape index (κ1) is 11.6. The molecule has 1 aromatic carbocycles. The van der Waals surface area contributed by atoms with E-state index < -0.39 is 0 Å². The summed E-state index contributed by atoms with van der Waals surface area (Å²) in [5, 5.41) is 11.2. The molecule has 0 amide bonds.